The highest BCUT2D eigenvalue weighted by Gasteiger charge is 2.38. The molecule has 1 saturated carbocycles. The Morgan fingerprint density at radius 1 is 1.26 bits per heavy atom. The molecule has 0 spiro atoms. The van der Waals surface area contributed by atoms with Crippen LogP contribution < -0.4 is 5.73 Å². The van der Waals surface area contributed by atoms with Gasteiger partial charge in [-0.1, -0.05) is 13.8 Å². The van der Waals surface area contributed by atoms with Gasteiger partial charge in [-0.15, -0.1) is 0 Å². The van der Waals surface area contributed by atoms with Crippen molar-refractivity contribution in [2.45, 2.75) is 51.5 Å². The minimum atomic E-state index is -2.90. The van der Waals surface area contributed by atoms with Crippen molar-refractivity contribution in [2.75, 3.05) is 31.6 Å². The molecule has 0 aromatic carbocycles. The van der Waals surface area contributed by atoms with Crippen LogP contribution >= 0.6 is 0 Å². The van der Waals surface area contributed by atoms with E-state index in [1.807, 2.05) is 0 Å². The van der Waals surface area contributed by atoms with Crippen LogP contribution in [0.25, 0.3) is 0 Å². The maximum Gasteiger partial charge on any atom is 0.148 e. The van der Waals surface area contributed by atoms with Crippen LogP contribution in [0.4, 0.5) is 0 Å². The minimum absolute atomic E-state index is 0.0349. The lowest BCUT2D eigenvalue weighted by molar-refractivity contribution is 0.0498. The predicted molar refractivity (Wildman–Crippen MR) is 81.0 cm³/mol. The smallest absolute Gasteiger partial charge is 0.148 e. The third-order valence-electron chi connectivity index (χ3n) is 4.48. The summed E-state index contributed by atoms with van der Waals surface area (Å²) < 4.78 is 22.8. The molecule has 1 fully saturated rings. The predicted octanol–water partition coefficient (Wildman–Crippen LogP) is 1.65. The Morgan fingerprint density at radius 2 is 1.84 bits per heavy atom. The fourth-order valence-electron chi connectivity index (χ4n) is 3.08. The van der Waals surface area contributed by atoms with E-state index in [1.165, 1.54) is 19.1 Å². The third-order valence-corrected chi connectivity index (χ3v) is 5.41. The Bertz CT molecular complexity index is 360. The summed E-state index contributed by atoms with van der Waals surface area (Å²) in [6.45, 7) is 6.65. The van der Waals surface area contributed by atoms with E-state index >= 15 is 0 Å². The molecule has 2 N–H and O–H groups in total. The number of hydrogen-bond acceptors (Lipinski definition) is 4. The summed E-state index contributed by atoms with van der Waals surface area (Å²) >= 11 is 0. The van der Waals surface area contributed by atoms with Crippen LogP contribution in [0.2, 0.25) is 0 Å². The largest absolute Gasteiger partial charge is 0.329 e. The Morgan fingerprint density at radius 3 is 2.26 bits per heavy atom. The van der Waals surface area contributed by atoms with Crippen molar-refractivity contribution in [3.8, 4) is 0 Å². The fraction of sp³-hybridized carbons (Fsp3) is 1.00. The SMILES string of the molecule is CCCN(CCS(C)(=O)=O)C1(CN)CCC(C)CC1. The van der Waals surface area contributed by atoms with Gasteiger partial charge in [-0.2, -0.15) is 0 Å². The van der Waals surface area contributed by atoms with Gasteiger partial charge in [-0.25, -0.2) is 8.42 Å². The Balaban J connectivity index is 2.76. The molecule has 1 aliphatic rings. The molecule has 1 aliphatic carbocycles. The maximum atomic E-state index is 11.4. The Labute approximate surface area is 118 Å². The summed E-state index contributed by atoms with van der Waals surface area (Å²) in [7, 11) is -2.90. The van der Waals surface area contributed by atoms with Gasteiger partial charge >= 0.3 is 0 Å². The fourth-order valence-corrected chi connectivity index (χ4v) is 3.63. The average Bonchev–Trinajstić information content (AvgIpc) is 2.35. The highest BCUT2D eigenvalue weighted by molar-refractivity contribution is 7.90. The van der Waals surface area contributed by atoms with E-state index in [0.29, 0.717) is 13.1 Å². The second-order valence-electron chi connectivity index (χ2n) is 6.23. The van der Waals surface area contributed by atoms with Crippen LogP contribution in [-0.2, 0) is 9.84 Å². The van der Waals surface area contributed by atoms with E-state index < -0.39 is 9.84 Å². The first-order chi connectivity index (χ1) is 8.83. The van der Waals surface area contributed by atoms with Crippen molar-refractivity contribution >= 4 is 9.84 Å². The van der Waals surface area contributed by atoms with Gasteiger partial charge in [0.25, 0.3) is 0 Å². The zero-order valence-corrected chi connectivity index (χ0v) is 13.5. The van der Waals surface area contributed by atoms with E-state index in [1.54, 1.807) is 0 Å². The molecule has 0 aromatic heterocycles. The summed E-state index contributed by atoms with van der Waals surface area (Å²) in [4.78, 5) is 2.35. The van der Waals surface area contributed by atoms with Crippen molar-refractivity contribution in [3.05, 3.63) is 0 Å². The third kappa shape index (κ3) is 5.04. The number of nitrogens with two attached hydrogens (primary N) is 1. The van der Waals surface area contributed by atoms with E-state index in [2.05, 4.69) is 18.7 Å². The maximum absolute atomic E-state index is 11.4. The molecule has 0 unspecified atom stereocenters. The lowest BCUT2D eigenvalue weighted by atomic mass is 9.76. The first-order valence-electron chi connectivity index (χ1n) is 7.46. The van der Waals surface area contributed by atoms with Gasteiger partial charge in [0.05, 0.1) is 5.75 Å². The van der Waals surface area contributed by atoms with Crippen molar-refractivity contribution < 1.29 is 8.42 Å². The van der Waals surface area contributed by atoms with Gasteiger partial charge in [0.1, 0.15) is 9.84 Å². The summed E-state index contributed by atoms with van der Waals surface area (Å²) in [6, 6.07) is 0. The molecule has 0 aromatic rings. The monoisotopic (exact) mass is 290 g/mol. The average molecular weight is 290 g/mol. The molecule has 0 aliphatic heterocycles. The van der Waals surface area contributed by atoms with E-state index in [0.717, 1.165) is 31.7 Å². The van der Waals surface area contributed by atoms with Crippen LogP contribution in [0, 0.1) is 5.92 Å². The number of nitrogens with zero attached hydrogens (tertiary/aromatic N) is 1. The molecule has 19 heavy (non-hydrogen) atoms. The van der Waals surface area contributed by atoms with E-state index in [9.17, 15) is 8.42 Å². The summed E-state index contributed by atoms with van der Waals surface area (Å²) in [5.74, 6) is 1.02. The van der Waals surface area contributed by atoms with Crippen LogP contribution in [0.3, 0.4) is 0 Å². The van der Waals surface area contributed by atoms with Crippen LogP contribution in [0.1, 0.15) is 46.0 Å². The van der Waals surface area contributed by atoms with E-state index in [-0.39, 0.29) is 11.3 Å². The Kier molecular flexibility index (Phi) is 6.27. The van der Waals surface area contributed by atoms with Crippen molar-refractivity contribution in [1.29, 1.82) is 0 Å². The summed E-state index contributed by atoms with van der Waals surface area (Å²) in [5.41, 5.74) is 6.10. The topological polar surface area (TPSA) is 63.4 Å². The molecule has 0 heterocycles. The van der Waals surface area contributed by atoms with Gasteiger partial charge in [0.15, 0.2) is 0 Å². The molecular formula is C14H30N2O2S. The molecule has 5 heteroatoms. The number of rotatable bonds is 7. The van der Waals surface area contributed by atoms with Gasteiger partial charge in [-0.05, 0) is 44.6 Å². The molecule has 0 radical (unpaired) electrons. The highest BCUT2D eigenvalue weighted by atomic mass is 32.2. The molecule has 4 nitrogen and oxygen atoms in total. The summed E-state index contributed by atoms with van der Waals surface area (Å²) in [6.07, 6.45) is 6.98. The van der Waals surface area contributed by atoms with Gasteiger partial charge < -0.3 is 5.73 Å². The van der Waals surface area contributed by atoms with Crippen molar-refractivity contribution in [3.63, 3.8) is 0 Å². The zero-order chi connectivity index (χ0) is 14.5. The molecule has 114 valence electrons. The van der Waals surface area contributed by atoms with Crippen molar-refractivity contribution in [1.82, 2.24) is 4.90 Å². The summed E-state index contributed by atoms with van der Waals surface area (Å²) in [5, 5.41) is 0. The number of hydrogen-bond donors (Lipinski definition) is 1. The first-order valence-corrected chi connectivity index (χ1v) is 9.52. The van der Waals surface area contributed by atoms with Crippen LogP contribution in [0.5, 0.6) is 0 Å². The highest BCUT2D eigenvalue weighted by Crippen LogP contribution is 2.35. The van der Waals surface area contributed by atoms with E-state index in [4.69, 9.17) is 5.73 Å². The Hall–Kier alpha value is -0.130. The van der Waals surface area contributed by atoms with Gasteiger partial charge in [0.2, 0.25) is 0 Å². The molecule has 1 rings (SSSR count). The zero-order valence-electron chi connectivity index (χ0n) is 12.7. The molecule has 0 amide bonds. The second kappa shape index (κ2) is 7.04. The second-order valence-corrected chi connectivity index (χ2v) is 8.49. The van der Waals surface area contributed by atoms with Crippen molar-refractivity contribution in [2.24, 2.45) is 11.7 Å². The molecule has 0 saturated heterocycles. The lowest BCUT2D eigenvalue weighted by Crippen LogP contribution is -2.57. The van der Waals surface area contributed by atoms with Gasteiger partial charge in [0, 0.05) is 24.9 Å². The molecule has 0 atom stereocenters. The lowest BCUT2D eigenvalue weighted by Gasteiger charge is -2.47. The minimum Gasteiger partial charge on any atom is -0.329 e. The standard InChI is InChI=1S/C14H30N2O2S/c1-4-9-16(10-11-19(3,17)18)14(12-15)7-5-13(2)6-8-14/h13H,4-12,15H2,1-3H3. The van der Waals surface area contributed by atoms with Crippen LogP contribution in [-0.4, -0.2) is 50.5 Å². The van der Waals surface area contributed by atoms with Crippen LogP contribution in [0.15, 0.2) is 0 Å². The molecular weight excluding hydrogens is 260 g/mol. The van der Waals surface area contributed by atoms with Gasteiger partial charge in [-0.3, -0.25) is 4.90 Å². The number of sulfone groups is 1. The molecule has 0 bridgehead atoms. The first kappa shape index (κ1) is 16.9. The quantitative estimate of drug-likeness (QED) is 0.774. The normalized spacial score (nSPS) is 28.8.